The number of aromatic carboxylic acids is 1. The molecule has 0 aliphatic rings. The van der Waals surface area contributed by atoms with Crippen molar-refractivity contribution in [2.24, 2.45) is 0 Å². The second kappa shape index (κ2) is 8.11. The van der Waals surface area contributed by atoms with Crippen LogP contribution in [0.25, 0.3) is 0 Å². The number of amides is 1. The monoisotopic (exact) mass is 359 g/mol. The summed E-state index contributed by atoms with van der Waals surface area (Å²) in [5.41, 5.74) is 0.704. The van der Waals surface area contributed by atoms with Crippen molar-refractivity contribution in [3.8, 4) is 11.5 Å². The van der Waals surface area contributed by atoms with Crippen molar-refractivity contribution < 1.29 is 24.2 Å². The largest absolute Gasteiger partial charge is 0.545 e. The van der Waals surface area contributed by atoms with Crippen LogP contribution in [0, 0.1) is 0 Å². The van der Waals surface area contributed by atoms with Gasteiger partial charge in [-0.1, -0.05) is 12.1 Å². The molecule has 130 valence electrons. The average molecular weight is 359 g/mol. The molecule has 0 unspecified atom stereocenters. The molecule has 0 heterocycles. The first kappa shape index (κ1) is 18.2. The SMILES string of the molecule is COc1cc(OC)cc(C(=O)NC(=S)Nc2cccc(C(=O)[O-])c2)c1. The molecule has 0 bridgehead atoms. The third-order valence-corrected chi connectivity index (χ3v) is 3.40. The van der Waals surface area contributed by atoms with Gasteiger partial charge in [-0.15, -0.1) is 0 Å². The standard InChI is InChI=1S/C17H16N2O5S/c1-23-13-7-11(8-14(9-13)24-2)15(20)19-17(25)18-12-5-3-4-10(6-12)16(21)22/h3-9H,1-2H3,(H,21,22)(H2,18,19,20,25)/p-1. The van der Waals surface area contributed by atoms with Gasteiger partial charge >= 0.3 is 0 Å². The van der Waals surface area contributed by atoms with E-state index in [1.165, 1.54) is 44.6 Å². The van der Waals surface area contributed by atoms with E-state index in [4.69, 9.17) is 21.7 Å². The summed E-state index contributed by atoms with van der Waals surface area (Å²) in [5, 5.41) is 16.1. The average Bonchev–Trinajstić information content (AvgIpc) is 2.61. The molecule has 2 aromatic rings. The van der Waals surface area contributed by atoms with Gasteiger partial charge in [-0.25, -0.2) is 0 Å². The van der Waals surface area contributed by atoms with Gasteiger partial charge in [0.2, 0.25) is 0 Å². The summed E-state index contributed by atoms with van der Waals surface area (Å²) in [6, 6.07) is 10.6. The third-order valence-electron chi connectivity index (χ3n) is 3.20. The number of thiocarbonyl (C=S) groups is 1. The molecule has 0 spiro atoms. The zero-order chi connectivity index (χ0) is 18.4. The number of ether oxygens (including phenoxy) is 2. The van der Waals surface area contributed by atoms with Crippen molar-refractivity contribution in [1.82, 2.24) is 5.32 Å². The summed E-state index contributed by atoms with van der Waals surface area (Å²) in [7, 11) is 2.96. The smallest absolute Gasteiger partial charge is 0.257 e. The lowest BCUT2D eigenvalue weighted by atomic mass is 10.2. The molecule has 25 heavy (non-hydrogen) atoms. The van der Waals surface area contributed by atoms with Crippen LogP contribution >= 0.6 is 12.2 Å². The Morgan fingerprint density at radius 1 is 1.00 bits per heavy atom. The first-order chi connectivity index (χ1) is 11.9. The predicted molar refractivity (Wildman–Crippen MR) is 94.0 cm³/mol. The van der Waals surface area contributed by atoms with E-state index in [0.717, 1.165) is 0 Å². The van der Waals surface area contributed by atoms with Crippen LogP contribution in [0.1, 0.15) is 20.7 Å². The van der Waals surface area contributed by atoms with E-state index in [2.05, 4.69) is 10.6 Å². The van der Waals surface area contributed by atoms with Gasteiger partial charge < -0.3 is 24.7 Å². The minimum absolute atomic E-state index is 0.00309. The molecule has 0 aliphatic carbocycles. The maximum Gasteiger partial charge on any atom is 0.257 e. The minimum atomic E-state index is -1.30. The lowest BCUT2D eigenvalue weighted by Crippen LogP contribution is -2.34. The van der Waals surface area contributed by atoms with Crippen molar-refractivity contribution in [2.45, 2.75) is 0 Å². The number of carboxylic acid groups (broad SMARTS) is 1. The fourth-order valence-electron chi connectivity index (χ4n) is 2.00. The second-order valence-corrected chi connectivity index (χ2v) is 5.29. The lowest BCUT2D eigenvalue weighted by Gasteiger charge is -2.12. The molecular weight excluding hydrogens is 344 g/mol. The number of hydrogen-bond donors (Lipinski definition) is 2. The number of carboxylic acids is 1. The number of carbonyl (C=O) groups excluding carboxylic acids is 2. The second-order valence-electron chi connectivity index (χ2n) is 4.88. The van der Waals surface area contributed by atoms with Gasteiger partial charge in [0, 0.05) is 17.3 Å². The number of benzene rings is 2. The van der Waals surface area contributed by atoms with Crippen LogP contribution in [0.3, 0.4) is 0 Å². The molecule has 7 nitrogen and oxygen atoms in total. The maximum atomic E-state index is 12.3. The molecular formula is C17H15N2O5S-. The Bertz CT molecular complexity index is 800. The third kappa shape index (κ3) is 4.92. The molecule has 2 rings (SSSR count). The summed E-state index contributed by atoms with van der Waals surface area (Å²) >= 11 is 5.08. The van der Waals surface area contributed by atoms with Crippen LogP contribution in [0.4, 0.5) is 5.69 Å². The van der Waals surface area contributed by atoms with Gasteiger partial charge in [-0.05, 0) is 42.0 Å². The summed E-state index contributed by atoms with van der Waals surface area (Å²) in [4.78, 5) is 23.2. The van der Waals surface area contributed by atoms with Crippen molar-refractivity contribution >= 4 is 34.9 Å². The highest BCUT2D eigenvalue weighted by Gasteiger charge is 2.11. The zero-order valence-electron chi connectivity index (χ0n) is 13.5. The van der Waals surface area contributed by atoms with Crippen LogP contribution in [-0.4, -0.2) is 31.2 Å². The summed E-state index contributed by atoms with van der Waals surface area (Å²) < 4.78 is 10.2. The molecule has 8 heteroatoms. The lowest BCUT2D eigenvalue weighted by molar-refractivity contribution is -0.255. The number of anilines is 1. The van der Waals surface area contributed by atoms with E-state index >= 15 is 0 Å². The molecule has 0 aliphatic heterocycles. The summed E-state index contributed by atoms with van der Waals surface area (Å²) in [5.74, 6) is -0.845. The number of methoxy groups -OCH3 is 2. The van der Waals surface area contributed by atoms with Gasteiger partial charge in [0.25, 0.3) is 5.91 Å². The van der Waals surface area contributed by atoms with Gasteiger partial charge in [-0.2, -0.15) is 0 Å². The molecule has 1 amide bonds. The first-order valence-corrected chi connectivity index (χ1v) is 7.50. The molecule has 0 atom stereocenters. The molecule has 2 N–H and O–H groups in total. The Balaban J connectivity index is 2.09. The number of hydrogen-bond acceptors (Lipinski definition) is 6. The Morgan fingerprint density at radius 2 is 1.64 bits per heavy atom. The summed E-state index contributed by atoms with van der Waals surface area (Å²) in [6.07, 6.45) is 0. The van der Waals surface area contributed by atoms with Crippen molar-refractivity contribution in [2.75, 3.05) is 19.5 Å². The zero-order valence-corrected chi connectivity index (χ0v) is 14.3. The highest BCUT2D eigenvalue weighted by Crippen LogP contribution is 2.22. The van der Waals surface area contributed by atoms with E-state index in [9.17, 15) is 14.7 Å². The van der Waals surface area contributed by atoms with Crippen molar-refractivity contribution in [3.05, 3.63) is 53.6 Å². The van der Waals surface area contributed by atoms with E-state index in [0.29, 0.717) is 22.7 Å². The van der Waals surface area contributed by atoms with Gasteiger partial charge in [0.15, 0.2) is 5.11 Å². The Morgan fingerprint density at radius 3 is 2.20 bits per heavy atom. The van der Waals surface area contributed by atoms with Crippen LogP contribution in [0.2, 0.25) is 0 Å². The fourth-order valence-corrected chi connectivity index (χ4v) is 2.21. The van der Waals surface area contributed by atoms with Crippen LogP contribution in [-0.2, 0) is 0 Å². The fraction of sp³-hybridized carbons (Fsp3) is 0.118. The molecule has 0 saturated carbocycles. The van der Waals surface area contributed by atoms with Crippen molar-refractivity contribution in [3.63, 3.8) is 0 Å². The van der Waals surface area contributed by atoms with E-state index < -0.39 is 11.9 Å². The van der Waals surface area contributed by atoms with Crippen LogP contribution in [0.15, 0.2) is 42.5 Å². The Labute approximate surface area is 149 Å². The van der Waals surface area contributed by atoms with Gasteiger partial charge in [-0.3, -0.25) is 10.1 Å². The normalized spacial score (nSPS) is 9.84. The molecule has 0 radical (unpaired) electrons. The van der Waals surface area contributed by atoms with Gasteiger partial charge in [0.1, 0.15) is 11.5 Å². The minimum Gasteiger partial charge on any atom is -0.545 e. The van der Waals surface area contributed by atoms with E-state index in [-0.39, 0.29) is 10.7 Å². The number of carbonyl (C=O) groups is 2. The highest BCUT2D eigenvalue weighted by molar-refractivity contribution is 7.80. The maximum absolute atomic E-state index is 12.3. The van der Waals surface area contributed by atoms with Gasteiger partial charge in [0.05, 0.1) is 20.2 Å². The quantitative estimate of drug-likeness (QED) is 0.774. The highest BCUT2D eigenvalue weighted by atomic mass is 32.1. The van der Waals surface area contributed by atoms with Crippen molar-refractivity contribution in [1.29, 1.82) is 0 Å². The molecule has 0 saturated heterocycles. The summed E-state index contributed by atoms with van der Waals surface area (Å²) in [6.45, 7) is 0. The molecule has 0 fully saturated rings. The van der Waals surface area contributed by atoms with E-state index in [1.54, 1.807) is 12.1 Å². The van der Waals surface area contributed by atoms with Crippen LogP contribution in [0.5, 0.6) is 11.5 Å². The predicted octanol–water partition coefficient (Wildman–Crippen LogP) is 1.19. The molecule has 0 aromatic heterocycles. The molecule has 2 aromatic carbocycles. The Kier molecular flexibility index (Phi) is 5.91. The first-order valence-electron chi connectivity index (χ1n) is 7.09. The van der Waals surface area contributed by atoms with E-state index in [1.807, 2.05) is 0 Å². The Hall–Kier alpha value is -3.13. The number of nitrogens with one attached hydrogen (secondary N) is 2. The number of rotatable bonds is 5. The van der Waals surface area contributed by atoms with Crippen LogP contribution < -0.4 is 25.2 Å². The topological polar surface area (TPSA) is 99.7 Å².